The molecule has 0 saturated carbocycles. The molecule has 1 N–H and O–H groups in total. The Kier molecular flexibility index (Phi) is 10.7. The van der Waals surface area contributed by atoms with Crippen LogP contribution in [0.1, 0.15) is 11.1 Å². The zero-order valence-corrected chi connectivity index (χ0v) is 29.3. The van der Waals surface area contributed by atoms with E-state index in [1.165, 1.54) is 7.11 Å². The molecular weight excluding hydrogens is 639 g/mol. The molecule has 0 aliphatic carbocycles. The fourth-order valence-electron chi connectivity index (χ4n) is 5.22. The third-order valence-electron chi connectivity index (χ3n) is 7.79. The van der Waals surface area contributed by atoms with Crippen LogP contribution in [0.3, 0.4) is 0 Å². The lowest BCUT2D eigenvalue weighted by Crippen LogP contribution is -2.22. The van der Waals surface area contributed by atoms with E-state index in [-0.39, 0.29) is 25.8 Å². The average Bonchev–Trinajstić information content (AvgIpc) is 3.49. The first-order chi connectivity index (χ1) is 23.8. The zero-order chi connectivity index (χ0) is 34.2. The minimum Gasteiger partial charge on any atom is -0.490 e. The van der Waals surface area contributed by atoms with Crippen LogP contribution in [-0.4, -0.2) is 64.6 Å². The number of aliphatic hydroxyl groups excluding tert-OH is 1. The van der Waals surface area contributed by atoms with Crippen molar-refractivity contribution in [2.75, 3.05) is 26.9 Å². The molecule has 11 nitrogen and oxygen atoms in total. The molecule has 0 saturated heterocycles. The molecule has 0 fully saturated rings. The number of aliphatic hydroxyl groups is 1. The maximum absolute atomic E-state index is 9.15. The van der Waals surface area contributed by atoms with Crippen molar-refractivity contribution in [1.82, 2.24) is 24.5 Å². The van der Waals surface area contributed by atoms with Crippen LogP contribution in [0.5, 0.6) is 23.4 Å². The number of rotatable bonds is 16. The van der Waals surface area contributed by atoms with Crippen LogP contribution in [-0.2, 0) is 24.7 Å². The summed E-state index contributed by atoms with van der Waals surface area (Å²) in [6.45, 7) is 8.66. The van der Waals surface area contributed by atoms with Gasteiger partial charge < -0.3 is 33.4 Å². The lowest BCUT2D eigenvalue weighted by atomic mass is 10.0. The van der Waals surface area contributed by atoms with Crippen molar-refractivity contribution in [2.45, 2.75) is 45.6 Å². The van der Waals surface area contributed by atoms with Crippen LogP contribution in [0.25, 0.3) is 33.1 Å². The number of hydrogen-bond acceptors (Lipinski definition) is 10. The summed E-state index contributed by atoms with van der Waals surface area (Å²) < 4.78 is 31.7. The van der Waals surface area contributed by atoms with Gasteiger partial charge in [0, 0.05) is 43.6 Å². The van der Waals surface area contributed by atoms with Crippen LogP contribution < -0.4 is 18.9 Å². The average molecular weight is 680 g/mol. The van der Waals surface area contributed by atoms with Crippen LogP contribution >= 0.6 is 0 Å². The number of aromatic nitrogens is 5. The van der Waals surface area contributed by atoms with Gasteiger partial charge in [-0.15, -0.1) is 0 Å². The zero-order valence-electron chi connectivity index (χ0n) is 28.3. The Balaban J connectivity index is 1.37. The van der Waals surface area contributed by atoms with Crippen molar-refractivity contribution in [3.05, 3.63) is 96.6 Å². The quantitative estimate of drug-likeness (QED) is 0.0855. The fourth-order valence-corrected chi connectivity index (χ4v) is 5.98. The molecule has 0 unspecified atom stereocenters. The second-order valence-corrected chi connectivity index (χ2v) is 18.4. The van der Waals surface area contributed by atoms with Crippen molar-refractivity contribution in [3.8, 4) is 34.5 Å². The van der Waals surface area contributed by atoms with Gasteiger partial charge in [0.15, 0.2) is 5.65 Å². The number of fused-ring (bicyclic) bond motifs is 2. The smallest absolute Gasteiger partial charge is 0.321 e. The van der Waals surface area contributed by atoms with Gasteiger partial charge in [0.2, 0.25) is 5.88 Å². The van der Waals surface area contributed by atoms with Crippen molar-refractivity contribution in [1.29, 1.82) is 0 Å². The Bertz CT molecular complexity index is 2010. The minimum absolute atomic E-state index is 0.0894. The Morgan fingerprint density at radius 3 is 2.43 bits per heavy atom. The maximum atomic E-state index is 9.15. The molecule has 49 heavy (non-hydrogen) atoms. The minimum atomic E-state index is -1.27. The van der Waals surface area contributed by atoms with Gasteiger partial charge >= 0.3 is 6.01 Å². The van der Waals surface area contributed by atoms with E-state index in [2.05, 4.69) is 40.7 Å². The number of hydrogen-bond donors (Lipinski definition) is 1. The number of ether oxygens (including phenoxy) is 5. The van der Waals surface area contributed by atoms with Crippen molar-refractivity contribution in [3.63, 3.8) is 0 Å². The van der Waals surface area contributed by atoms with Gasteiger partial charge in [0.1, 0.15) is 38.1 Å². The number of nitrogens with zero attached hydrogens (tertiary/aromatic N) is 5. The summed E-state index contributed by atoms with van der Waals surface area (Å²) in [7, 11) is 0.257. The molecule has 12 heteroatoms. The Hall–Kier alpha value is -5.04. The second kappa shape index (κ2) is 15.5. The normalized spacial score (nSPS) is 11.6. The molecule has 0 amide bonds. The number of pyridine rings is 2. The highest BCUT2D eigenvalue weighted by Gasteiger charge is 2.21. The summed E-state index contributed by atoms with van der Waals surface area (Å²) in [6.07, 6.45) is 7.07. The van der Waals surface area contributed by atoms with Crippen molar-refractivity contribution >= 4 is 30.0 Å². The Morgan fingerprint density at radius 1 is 0.816 bits per heavy atom. The lowest BCUT2D eigenvalue weighted by molar-refractivity contribution is 0.0898. The predicted molar refractivity (Wildman–Crippen MR) is 191 cm³/mol. The monoisotopic (exact) mass is 679 g/mol. The fraction of sp³-hybridized carbons (Fsp3) is 0.297. The van der Waals surface area contributed by atoms with E-state index in [0.717, 1.165) is 44.6 Å². The summed E-state index contributed by atoms with van der Waals surface area (Å²) in [4.78, 5) is 18.3. The molecule has 6 rings (SSSR count). The van der Waals surface area contributed by atoms with E-state index in [1.54, 1.807) is 18.6 Å². The molecule has 254 valence electrons. The van der Waals surface area contributed by atoms with Gasteiger partial charge in [-0.3, -0.25) is 9.97 Å². The third kappa shape index (κ3) is 8.71. The van der Waals surface area contributed by atoms with Crippen LogP contribution in [0.15, 0.2) is 85.5 Å². The Morgan fingerprint density at radius 2 is 1.63 bits per heavy atom. The molecule has 4 aromatic heterocycles. The molecule has 0 bridgehead atoms. The van der Waals surface area contributed by atoms with Crippen molar-refractivity contribution in [2.24, 2.45) is 0 Å². The molecule has 4 heterocycles. The molecule has 0 atom stereocenters. The first-order valence-electron chi connectivity index (χ1n) is 16.2. The molecule has 6 aromatic rings. The molecule has 0 aliphatic rings. The standard InChI is InChI=1S/C37H41N5O6Si/c1-44-37-40-35-34(36(41-37)48-24-27-16-30(20-38-19-27)46-13-12-43)32(22-42(35)25-45-14-15-49(2,3)4)28-10-11-33-29(17-28)18-31(21-39-33)47-23-26-8-6-5-7-9-26/h5-11,16-22,43H,12-15,23-25H2,1-4H3. The summed E-state index contributed by atoms with van der Waals surface area (Å²) >= 11 is 0. The first kappa shape index (κ1) is 33.8. The van der Waals surface area contributed by atoms with E-state index in [4.69, 9.17) is 33.8 Å². The number of methoxy groups -OCH3 is 1. The first-order valence-corrected chi connectivity index (χ1v) is 19.9. The highest BCUT2D eigenvalue weighted by atomic mass is 28.3. The lowest BCUT2D eigenvalue weighted by Gasteiger charge is -2.15. The van der Waals surface area contributed by atoms with E-state index < -0.39 is 8.07 Å². The van der Waals surface area contributed by atoms with E-state index in [9.17, 15) is 0 Å². The topological polar surface area (TPSA) is 123 Å². The van der Waals surface area contributed by atoms with Crippen LogP contribution in [0.2, 0.25) is 25.7 Å². The summed E-state index contributed by atoms with van der Waals surface area (Å²) in [5.74, 6) is 1.58. The Labute approximate surface area is 286 Å². The summed E-state index contributed by atoms with van der Waals surface area (Å²) in [6, 6.07) is 21.2. The van der Waals surface area contributed by atoms with Crippen LogP contribution in [0, 0.1) is 0 Å². The molecule has 2 aromatic carbocycles. The summed E-state index contributed by atoms with van der Waals surface area (Å²) in [5.41, 5.74) is 5.13. The van der Waals surface area contributed by atoms with Crippen molar-refractivity contribution < 1.29 is 28.8 Å². The summed E-state index contributed by atoms with van der Waals surface area (Å²) in [5, 5.41) is 10.8. The molecular formula is C37H41N5O6Si. The van der Waals surface area contributed by atoms with Gasteiger partial charge in [0.05, 0.1) is 37.0 Å². The third-order valence-corrected chi connectivity index (χ3v) is 9.50. The van der Waals surface area contributed by atoms with E-state index in [0.29, 0.717) is 43.0 Å². The molecule has 0 aliphatic heterocycles. The SMILES string of the molecule is COc1nc(OCc2cncc(OCCO)c2)c2c(-c3ccc4ncc(OCc5ccccc5)cc4c3)cn(COCC[Si](C)(C)C)c2n1. The van der Waals surface area contributed by atoms with Gasteiger partial charge in [-0.1, -0.05) is 56.0 Å². The predicted octanol–water partition coefficient (Wildman–Crippen LogP) is 6.89. The highest BCUT2D eigenvalue weighted by molar-refractivity contribution is 6.76. The maximum Gasteiger partial charge on any atom is 0.321 e. The van der Waals surface area contributed by atoms with E-state index >= 15 is 0 Å². The van der Waals surface area contributed by atoms with Gasteiger partial charge in [-0.05, 0) is 41.4 Å². The molecule has 0 spiro atoms. The van der Waals surface area contributed by atoms with Gasteiger partial charge in [-0.25, -0.2) is 0 Å². The van der Waals surface area contributed by atoms with E-state index in [1.807, 2.05) is 65.4 Å². The largest absolute Gasteiger partial charge is 0.490 e. The number of benzene rings is 2. The van der Waals surface area contributed by atoms with Gasteiger partial charge in [0.25, 0.3) is 0 Å². The van der Waals surface area contributed by atoms with Crippen LogP contribution in [0.4, 0.5) is 0 Å². The highest BCUT2D eigenvalue weighted by Crippen LogP contribution is 2.38. The molecule has 0 radical (unpaired) electrons. The second-order valence-electron chi connectivity index (χ2n) is 12.8. The van der Waals surface area contributed by atoms with Gasteiger partial charge in [-0.2, -0.15) is 9.97 Å².